The number of carbonyl (C=O) groups is 2. The first kappa shape index (κ1) is 26.4. The number of hydrogen-bond acceptors (Lipinski definition) is 3. The molecule has 1 atom stereocenters. The van der Waals surface area contributed by atoms with Gasteiger partial charge in [0.2, 0.25) is 5.91 Å². The summed E-state index contributed by atoms with van der Waals surface area (Å²) in [6, 6.07) is 17.3. The zero-order chi connectivity index (χ0) is 24.4. The van der Waals surface area contributed by atoms with E-state index in [2.05, 4.69) is 39.9 Å². The van der Waals surface area contributed by atoms with Crippen molar-refractivity contribution in [3.8, 4) is 5.75 Å². The number of hydrogen-bond donors (Lipinski definition) is 1. The molecule has 2 aromatic rings. The van der Waals surface area contributed by atoms with E-state index in [1.54, 1.807) is 4.90 Å². The Hall–Kier alpha value is -2.82. The van der Waals surface area contributed by atoms with Crippen molar-refractivity contribution >= 4 is 11.8 Å². The number of nitrogens with one attached hydrogen (secondary N) is 1. The fraction of sp³-hybridized carbons (Fsp3) is 0.500. The first-order chi connectivity index (χ1) is 15.6. The number of amides is 2. The molecule has 0 saturated carbocycles. The average Bonchev–Trinajstić information content (AvgIpc) is 2.79. The van der Waals surface area contributed by atoms with Crippen LogP contribution in [0.1, 0.15) is 59.1 Å². The van der Waals surface area contributed by atoms with E-state index in [0.717, 1.165) is 5.56 Å². The summed E-state index contributed by atoms with van der Waals surface area (Å²) in [5, 5.41) is 2.99. The zero-order valence-corrected chi connectivity index (χ0v) is 21.1. The summed E-state index contributed by atoms with van der Waals surface area (Å²) in [5.74, 6) is 0.704. The molecule has 5 heteroatoms. The summed E-state index contributed by atoms with van der Waals surface area (Å²) in [6.07, 6.45) is 1.23. The Morgan fingerprint density at radius 2 is 1.64 bits per heavy atom. The Balaban J connectivity index is 2.11. The SMILES string of the molecule is CC[C@H](C(=O)NCC(C)C)N(CCc1ccccc1)C(=O)COc1ccc(C(C)(C)C)cc1. The zero-order valence-electron chi connectivity index (χ0n) is 21.1. The molecule has 2 rings (SSSR count). The van der Waals surface area contributed by atoms with Crippen LogP contribution in [0, 0.1) is 5.92 Å². The smallest absolute Gasteiger partial charge is 0.261 e. The van der Waals surface area contributed by atoms with E-state index >= 15 is 0 Å². The number of carbonyl (C=O) groups excluding carboxylic acids is 2. The van der Waals surface area contributed by atoms with Gasteiger partial charge in [-0.25, -0.2) is 0 Å². The van der Waals surface area contributed by atoms with Crippen molar-refractivity contribution in [1.29, 1.82) is 0 Å². The third-order valence-electron chi connectivity index (χ3n) is 5.64. The summed E-state index contributed by atoms with van der Waals surface area (Å²) >= 11 is 0. The van der Waals surface area contributed by atoms with Gasteiger partial charge in [-0.05, 0) is 47.4 Å². The molecule has 0 bridgehead atoms. The van der Waals surface area contributed by atoms with Crippen molar-refractivity contribution in [3.63, 3.8) is 0 Å². The lowest BCUT2D eigenvalue weighted by Gasteiger charge is -2.30. The van der Waals surface area contributed by atoms with E-state index in [1.807, 2.05) is 61.5 Å². The van der Waals surface area contributed by atoms with Crippen LogP contribution in [0.15, 0.2) is 54.6 Å². The molecular weight excluding hydrogens is 412 g/mol. The quantitative estimate of drug-likeness (QED) is 0.523. The lowest BCUT2D eigenvalue weighted by atomic mass is 9.87. The van der Waals surface area contributed by atoms with Crippen LogP contribution in [0.25, 0.3) is 0 Å². The molecule has 0 unspecified atom stereocenters. The largest absolute Gasteiger partial charge is 0.484 e. The molecule has 0 spiro atoms. The first-order valence-electron chi connectivity index (χ1n) is 12.0. The normalized spacial score (nSPS) is 12.3. The van der Waals surface area contributed by atoms with Crippen molar-refractivity contribution in [1.82, 2.24) is 10.2 Å². The Morgan fingerprint density at radius 3 is 2.18 bits per heavy atom. The van der Waals surface area contributed by atoms with Gasteiger partial charge in [-0.1, -0.05) is 84.0 Å². The summed E-state index contributed by atoms with van der Waals surface area (Å²) < 4.78 is 5.82. The van der Waals surface area contributed by atoms with E-state index in [9.17, 15) is 9.59 Å². The maximum atomic E-state index is 13.2. The minimum Gasteiger partial charge on any atom is -0.484 e. The molecule has 180 valence electrons. The van der Waals surface area contributed by atoms with Gasteiger partial charge < -0.3 is 15.0 Å². The Labute approximate surface area is 199 Å². The molecule has 5 nitrogen and oxygen atoms in total. The molecule has 0 aliphatic heterocycles. The molecule has 0 heterocycles. The average molecular weight is 453 g/mol. The summed E-state index contributed by atoms with van der Waals surface area (Å²) in [5.41, 5.74) is 2.39. The molecule has 0 fully saturated rings. The maximum absolute atomic E-state index is 13.2. The molecule has 2 amide bonds. The van der Waals surface area contributed by atoms with E-state index in [1.165, 1.54) is 5.56 Å². The van der Waals surface area contributed by atoms with E-state index in [-0.39, 0.29) is 23.8 Å². The highest BCUT2D eigenvalue weighted by molar-refractivity contribution is 5.88. The predicted octanol–water partition coefficient (Wildman–Crippen LogP) is 4.99. The van der Waals surface area contributed by atoms with Crippen LogP contribution in [-0.4, -0.2) is 42.5 Å². The maximum Gasteiger partial charge on any atom is 0.261 e. The molecule has 0 saturated heterocycles. The predicted molar refractivity (Wildman–Crippen MR) is 134 cm³/mol. The van der Waals surface area contributed by atoms with Crippen LogP contribution in [0.2, 0.25) is 0 Å². The fourth-order valence-corrected chi connectivity index (χ4v) is 3.60. The molecular formula is C28H40N2O3. The second-order valence-electron chi connectivity index (χ2n) is 9.95. The highest BCUT2D eigenvalue weighted by atomic mass is 16.5. The highest BCUT2D eigenvalue weighted by Crippen LogP contribution is 2.24. The lowest BCUT2D eigenvalue weighted by molar-refractivity contribution is -0.142. The van der Waals surface area contributed by atoms with E-state index < -0.39 is 6.04 Å². The van der Waals surface area contributed by atoms with Crippen LogP contribution < -0.4 is 10.1 Å². The minimum absolute atomic E-state index is 0.0558. The third-order valence-corrected chi connectivity index (χ3v) is 5.64. The van der Waals surface area contributed by atoms with Crippen LogP contribution in [0.5, 0.6) is 5.75 Å². The van der Waals surface area contributed by atoms with Gasteiger partial charge in [-0.2, -0.15) is 0 Å². The molecule has 0 aromatic heterocycles. The van der Waals surface area contributed by atoms with Gasteiger partial charge in [0.15, 0.2) is 6.61 Å². The lowest BCUT2D eigenvalue weighted by Crippen LogP contribution is -2.51. The van der Waals surface area contributed by atoms with Crippen LogP contribution in [0.3, 0.4) is 0 Å². The monoisotopic (exact) mass is 452 g/mol. The number of benzene rings is 2. The van der Waals surface area contributed by atoms with Gasteiger partial charge in [-0.3, -0.25) is 9.59 Å². The molecule has 0 aliphatic carbocycles. The van der Waals surface area contributed by atoms with Crippen molar-refractivity contribution in [2.75, 3.05) is 19.7 Å². The van der Waals surface area contributed by atoms with Gasteiger partial charge in [0.25, 0.3) is 5.91 Å². The molecule has 0 aliphatic rings. The van der Waals surface area contributed by atoms with Gasteiger partial charge >= 0.3 is 0 Å². The van der Waals surface area contributed by atoms with Crippen molar-refractivity contribution in [2.24, 2.45) is 5.92 Å². The van der Waals surface area contributed by atoms with E-state index in [4.69, 9.17) is 4.74 Å². The van der Waals surface area contributed by atoms with E-state index in [0.29, 0.717) is 37.6 Å². The van der Waals surface area contributed by atoms with Gasteiger partial charge in [-0.15, -0.1) is 0 Å². The van der Waals surface area contributed by atoms with Gasteiger partial charge in [0.05, 0.1) is 0 Å². The number of nitrogens with zero attached hydrogens (tertiary/aromatic N) is 1. The molecule has 1 N–H and O–H groups in total. The third kappa shape index (κ3) is 8.56. The fourth-order valence-electron chi connectivity index (χ4n) is 3.60. The second kappa shape index (κ2) is 12.4. The molecule has 0 radical (unpaired) electrons. The first-order valence-corrected chi connectivity index (χ1v) is 12.0. The molecule has 33 heavy (non-hydrogen) atoms. The van der Waals surface area contributed by atoms with Crippen molar-refractivity contribution in [3.05, 3.63) is 65.7 Å². The minimum atomic E-state index is -0.521. The van der Waals surface area contributed by atoms with Gasteiger partial charge in [0.1, 0.15) is 11.8 Å². The van der Waals surface area contributed by atoms with Crippen LogP contribution in [0.4, 0.5) is 0 Å². The summed E-state index contributed by atoms with van der Waals surface area (Å²) in [7, 11) is 0. The summed E-state index contributed by atoms with van der Waals surface area (Å²) in [6.45, 7) is 13.5. The number of rotatable bonds is 11. The van der Waals surface area contributed by atoms with Crippen molar-refractivity contribution in [2.45, 2.75) is 65.8 Å². The van der Waals surface area contributed by atoms with Crippen LogP contribution in [-0.2, 0) is 21.4 Å². The topological polar surface area (TPSA) is 58.6 Å². The summed E-state index contributed by atoms with van der Waals surface area (Å²) in [4.78, 5) is 27.8. The van der Waals surface area contributed by atoms with Gasteiger partial charge in [0, 0.05) is 13.1 Å². The molecule has 2 aromatic carbocycles. The van der Waals surface area contributed by atoms with Crippen molar-refractivity contribution < 1.29 is 14.3 Å². The Kier molecular flexibility index (Phi) is 9.95. The highest BCUT2D eigenvalue weighted by Gasteiger charge is 2.28. The Bertz CT molecular complexity index is 870. The Morgan fingerprint density at radius 1 is 1.00 bits per heavy atom. The standard InChI is InChI=1S/C28H40N2O3/c1-7-25(27(32)29-19-21(2)3)30(18-17-22-11-9-8-10-12-22)26(31)20-33-24-15-13-23(14-16-24)28(4,5)6/h8-16,21,25H,7,17-20H2,1-6H3,(H,29,32)/t25-/m1/s1. The number of ether oxygens (including phenoxy) is 1. The second-order valence-corrected chi connectivity index (χ2v) is 9.95. The van der Waals surface area contributed by atoms with Crippen LogP contribution >= 0.6 is 0 Å².